The summed E-state index contributed by atoms with van der Waals surface area (Å²) in [5.74, 6) is 0. The van der Waals surface area contributed by atoms with E-state index in [1.807, 2.05) is 0 Å². The van der Waals surface area contributed by atoms with Crippen LogP contribution in [0.1, 0.15) is 27.2 Å². The first-order chi connectivity index (χ1) is 4.13. The quantitative estimate of drug-likeness (QED) is 0.638. The topological polar surface area (TPSA) is 0 Å². The van der Waals surface area contributed by atoms with E-state index in [1.165, 1.54) is 12.0 Å². The third-order valence-electron chi connectivity index (χ3n) is 2.10. The van der Waals surface area contributed by atoms with Crippen LogP contribution in [-0.2, 0) is 24.7 Å². The van der Waals surface area contributed by atoms with Crippen molar-refractivity contribution < 1.29 is 24.7 Å². The summed E-state index contributed by atoms with van der Waals surface area (Å²) in [6.45, 7) is 6.69. The summed E-state index contributed by atoms with van der Waals surface area (Å²) in [6.07, 6.45) is 1.25. The van der Waals surface area contributed by atoms with Gasteiger partial charge in [-0.2, -0.15) is 0 Å². The maximum atomic E-state index is 2.23. The molecule has 0 N–H and O–H groups in total. The van der Waals surface area contributed by atoms with Crippen LogP contribution in [0.2, 0.25) is 0 Å². The van der Waals surface area contributed by atoms with Gasteiger partial charge in [0.15, 0.2) is 0 Å². The zero-order valence-electron chi connectivity index (χ0n) is 7.43. The summed E-state index contributed by atoms with van der Waals surface area (Å²) in [6, 6.07) is 0. The fraction of sp³-hybridized carbons (Fsp3) is 0.500. The molecule has 0 bridgehead atoms. The van der Waals surface area contributed by atoms with Crippen LogP contribution in [0.5, 0.6) is 0 Å². The van der Waals surface area contributed by atoms with Crippen molar-refractivity contribution >= 4 is 37.2 Å². The Morgan fingerprint density at radius 1 is 0.917 bits per heavy atom. The van der Waals surface area contributed by atoms with Crippen molar-refractivity contribution in [3.63, 3.8) is 0 Å². The second-order valence-electron chi connectivity index (χ2n) is 2.69. The Morgan fingerprint density at radius 2 is 1.33 bits per heavy atom. The Balaban J connectivity index is -0.000000270. The normalized spacial score (nSPS) is 14.8. The van der Waals surface area contributed by atoms with E-state index in [1.54, 1.807) is 39.1 Å². The molecule has 0 nitrogen and oxygen atoms in total. The van der Waals surface area contributed by atoms with Crippen molar-refractivity contribution in [2.45, 2.75) is 27.2 Å². The van der Waals surface area contributed by atoms with Crippen molar-refractivity contribution in [2.75, 3.05) is 0 Å². The first-order valence-corrected chi connectivity index (χ1v) is 4.44. The van der Waals surface area contributed by atoms with Gasteiger partial charge in [-0.05, 0) is 0 Å². The maximum absolute atomic E-state index is 2.23. The predicted molar refractivity (Wildman–Crippen MR) is 57.4 cm³/mol. The SMILES string of the molecule is CC1=C(C)C(C)=[C]([Zr])C1.Cl.Cl.Cl. The van der Waals surface area contributed by atoms with Gasteiger partial charge in [0, 0.05) is 0 Å². The molecule has 0 amide bonds. The zero-order valence-corrected chi connectivity index (χ0v) is 12.3. The van der Waals surface area contributed by atoms with Gasteiger partial charge < -0.3 is 0 Å². The van der Waals surface area contributed by atoms with Gasteiger partial charge in [-0.3, -0.25) is 0 Å². The third kappa shape index (κ3) is 3.96. The van der Waals surface area contributed by atoms with Gasteiger partial charge in [0.2, 0.25) is 0 Å². The van der Waals surface area contributed by atoms with Gasteiger partial charge in [-0.15, -0.1) is 37.2 Å². The minimum atomic E-state index is 0. The van der Waals surface area contributed by atoms with Gasteiger partial charge >= 0.3 is 71.9 Å². The average Bonchev–Trinajstić information content (AvgIpc) is 1.98. The number of hydrogen-bond donors (Lipinski definition) is 0. The van der Waals surface area contributed by atoms with Crippen molar-refractivity contribution in [2.24, 2.45) is 0 Å². The van der Waals surface area contributed by atoms with Crippen LogP contribution in [0.25, 0.3) is 0 Å². The summed E-state index contributed by atoms with van der Waals surface area (Å²) < 4.78 is 1.64. The van der Waals surface area contributed by atoms with Crippen LogP contribution in [0.3, 0.4) is 0 Å². The largest absolute Gasteiger partial charge is 0.147 e. The van der Waals surface area contributed by atoms with E-state index in [-0.39, 0.29) is 37.2 Å². The predicted octanol–water partition coefficient (Wildman–Crippen LogP) is 3.81. The Morgan fingerprint density at radius 3 is 1.42 bits per heavy atom. The average molecular weight is 308 g/mol. The first-order valence-electron chi connectivity index (χ1n) is 3.21. The Kier molecular flexibility index (Phi) is 12.0. The molecule has 0 aromatic carbocycles. The molecule has 1 aliphatic rings. The number of rotatable bonds is 0. The molecule has 0 atom stereocenters. The Hall–Kier alpha value is 1.23. The Labute approximate surface area is 108 Å². The van der Waals surface area contributed by atoms with Crippen molar-refractivity contribution in [1.29, 1.82) is 0 Å². The monoisotopic (exact) mass is 305 g/mol. The molecule has 0 aliphatic heterocycles. The van der Waals surface area contributed by atoms with Gasteiger partial charge in [0.25, 0.3) is 0 Å². The van der Waals surface area contributed by atoms with E-state index in [0.29, 0.717) is 0 Å². The van der Waals surface area contributed by atoms with Crippen LogP contribution < -0.4 is 0 Å². The van der Waals surface area contributed by atoms with E-state index >= 15 is 0 Å². The molecule has 1 rings (SSSR count). The van der Waals surface area contributed by atoms with E-state index < -0.39 is 0 Å². The molecule has 0 saturated carbocycles. The molecular formula is C8H14Cl3Zr. The maximum Gasteiger partial charge on any atom is -0.147 e. The standard InChI is InChI=1S/C8H11.3ClH.Zr/c1-6-4-5-7(2)8(6)3;;;;/h4H2,1-3H3;3*1H;. The summed E-state index contributed by atoms with van der Waals surface area (Å²) in [7, 11) is 0. The number of allylic oxidation sites excluding steroid dienone is 4. The molecule has 12 heavy (non-hydrogen) atoms. The first kappa shape index (κ1) is 18.9. The van der Waals surface area contributed by atoms with Crippen LogP contribution in [0.4, 0.5) is 0 Å². The fourth-order valence-electron chi connectivity index (χ4n) is 1.08. The van der Waals surface area contributed by atoms with Crippen molar-refractivity contribution in [3.05, 3.63) is 20.0 Å². The van der Waals surface area contributed by atoms with Crippen molar-refractivity contribution in [3.8, 4) is 0 Å². The van der Waals surface area contributed by atoms with Crippen LogP contribution in [-0.4, -0.2) is 0 Å². The van der Waals surface area contributed by atoms with Gasteiger partial charge in [-0.1, -0.05) is 0 Å². The number of halogens is 3. The minimum absolute atomic E-state index is 0. The molecule has 0 unspecified atom stereocenters. The molecule has 71 valence electrons. The third-order valence-corrected chi connectivity index (χ3v) is 3.45. The van der Waals surface area contributed by atoms with E-state index in [9.17, 15) is 0 Å². The second kappa shape index (κ2) is 7.62. The smallest absolute Gasteiger partial charge is 0.147 e. The van der Waals surface area contributed by atoms with Crippen LogP contribution in [0, 0.1) is 0 Å². The van der Waals surface area contributed by atoms with E-state index in [0.717, 1.165) is 0 Å². The molecule has 1 aliphatic carbocycles. The van der Waals surface area contributed by atoms with Crippen LogP contribution >= 0.6 is 37.2 Å². The minimum Gasteiger partial charge on any atom is -0.147 e. The zero-order chi connectivity index (χ0) is 7.02. The van der Waals surface area contributed by atoms with Gasteiger partial charge in [-0.25, -0.2) is 0 Å². The van der Waals surface area contributed by atoms with Gasteiger partial charge in [0.05, 0.1) is 0 Å². The summed E-state index contributed by atoms with van der Waals surface area (Å²) in [5, 5.41) is 0. The fourth-order valence-corrected chi connectivity index (χ4v) is 2.19. The number of hydrogen-bond acceptors (Lipinski definition) is 0. The molecule has 4 heteroatoms. The molecular weight excluding hydrogens is 294 g/mol. The molecule has 0 saturated heterocycles. The molecule has 0 radical (unpaired) electrons. The van der Waals surface area contributed by atoms with Gasteiger partial charge in [0.1, 0.15) is 0 Å². The molecule has 0 aromatic heterocycles. The second-order valence-corrected chi connectivity index (χ2v) is 4.17. The Bertz CT molecular complexity index is 184. The molecule has 0 aromatic rings. The summed E-state index contributed by atoms with van der Waals surface area (Å²) in [4.78, 5) is 0. The summed E-state index contributed by atoms with van der Waals surface area (Å²) in [5.41, 5.74) is 4.65. The van der Waals surface area contributed by atoms with E-state index in [2.05, 4.69) is 20.8 Å². The van der Waals surface area contributed by atoms with Crippen molar-refractivity contribution in [1.82, 2.24) is 0 Å². The van der Waals surface area contributed by atoms with Crippen LogP contribution in [0.15, 0.2) is 20.0 Å². The molecule has 0 heterocycles. The summed E-state index contributed by atoms with van der Waals surface area (Å²) >= 11 is 1.59. The molecule has 0 fully saturated rings. The van der Waals surface area contributed by atoms with E-state index in [4.69, 9.17) is 0 Å². The molecule has 0 spiro atoms.